The smallest absolute Gasteiger partial charge is 0.270 e. The number of benzene rings is 1. The molecule has 8 rings (SSSR count). The number of hydrogen-bond donors (Lipinski definition) is 1. The molecular formula is C32H31FN6O2. The highest BCUT2D eigenvalue weighted by Gasteiger charge is 2.35. The minimum atomic E-state index is -0.867. The van der Waals surface area contributed by atoms with E-state index in [1.165, 1.54) is 0 Å². The molecule has 1 aromatic carbocycles. The van der Waals surface area contributed by atoms with Crippen LogP contribution in [0.2, 0.25) is 0 Å². The maximum atomic E-state index is 13.8. The molecule has 0 saturated carbocycles. The summed E-state index contributed by atoms with van der Waals surface area (Å²) in [4.78, 5) is 26.4. The van der Waals surface area contributed by atoms with Crippen molar-refractivity contribution in [2.75, 3.05) is 37.6 Å². The van der Waals surface area contributed by atoms with Gasteiger partial charge in [-0.3, -0.25) is 14.8 Å². The van der Waals surface area contributed by atoms with Crippen LogP contribution in [0.4, 0.5) is 10.1 Å². The van der Waals surface area contributed by atoms with Crippen molar-refractivity contribution < 1.29 is 13.6 Å². The third kappa shape index (κ3) is 4.72. The highest BCUT2D eigenvalue weighted by Crippen LogP contribution is 2.37. The molecule has 1 amide bonds. The third-order valence-electron chi connectivity index (χ3n) is 8.89. The number of fused-ring (bicyclic) bond motifs is 4. The molecule has 4 aliphatic rings. The largest absolute Gasteiger partial charge is 0.454 e. The number of hydrogen-bond acceptors (Lipinski definition) is 7. The summed E-state index contributed by atoms with van der Waals surface area (Å²) in [5.41, 5.74) is 6.25. The zero-order valence-electron chi connectivity index (χ0n) is 22.9. The summed E-state index contributed by atoms with van der Waals surface area (Å²) in [5, 5.41) is 13.1. The average Bonchev–Trinajstić information content (AvgIpc) is 3.63. The number of nitrogens with one attached hydrogen (secondary N) is 1. The molecule has 0 aliphatic carbocycles. The van der Waals surface area contributed by atoms with Gasteiger partial charge in [0.1, 0.15) is 29.2 Å². The van der Waals surface area contributed by atoms with E-state index in [1.807, 2.05) is 48.2 Å². The number of rotatable bonds is 5. The van der Waals surface area contributed by atoms with Gasteiger partial charge >= 0.3 is 0 Å². The van der Waals surface area contributed by atoms with Gasteiger partial charge in [-0.2, -0.15) is 5.26 Å². The zero-order chi connectivity index (χ0) is 28.1. The van der Waals surface area contributed by atoms with Gasteiger partial charge in [0.2, 0.25) is 0 Å². The van der Waals surface area contributed by atoms with Crippen molar-refractivity contribution >= 4 is 22.7 Å². The number of amides is 1. The lowest BCUT2D eigenvalue weighted by atomic mass is 9.84. The minimum absolute atomic E-state index is 0.139. The molecule has 0 radical (unpaired) electrons. The fourth-order valence-electron chi connectivity index (χ4n) is 6.61. The number of aromatic nitrogens is 2. The second-order valence-electron chi connectivity index (χ2n) is 11.5. The van der Waals surface area contributed by atoms with Crippen LogP contribution in [0.5, 0.6) is 0 Å². The molecule has 4 aromatic rings. The van der Waals surface area contributed by atoms with Crippen molar-refractivity contribution in [3.05, 3.63) is 65.6 Å². The number of alkyl halides is 1. The Hall–Kier alpha value is -4.29. The van der Waals surface area contributed by atoms with Crippen LogP contribution in [-0.4, -0.2) is 65.7 Å². The van der Waals surface area contributed by atoms with E-state index in [1.54, 1.807) is 12.4 Å². The Morgan fingerprint density at radius 3 is 2.63 bits per heavy atom. The number of carbonyl (C=O) groups excluding carboxylic acids is 1. The number of carbonyl (C=O) groups is 1. The quantitative estimate of drug-likeness (QED) is 0.369. The van der Waals surface area contributed by atoms with Gasteiger partial charge in [-0.05, 0) is 80.6 Å². The number of nitrogens with zero attached hydrogens (tertiary/aromatic N) is 5. The fraction of sp³-hybridized carbons (Fsp3) is 0.375. The predicted molar refractivity (Wildman–Crippen MR) is 154 cm³/mol. The molecule has 7 heterocycles. The van der Waals surface area contributed by atoms with E-state index >= 15 is 0 Å². The second-order valence-corrected chi connectivity index (χ2v) is 11.5. The first-order chi connectivity index (χ1) is 20.0. The summed E-state index contributed by atoms with van der Waals surface area (Å²) in [6, 6.07) is 13.7. The molecule has 8 nitrogen and oxygen atoms in total. The van der Waals surface area contributed by atoms with Crippen LogP contribution in [-0.2, 0) is 0 Å². The maximum Gasteiger partial charge on any atom is 0.270 e. The molecule has 3 aromatic heterocycles. The number of nitriles is 1. The Balaban J connectivity index is 1.16. The summed E-state index contributed by atoms with van der Waals surface area (Å²) < 4.78 is 20.1. The van der Waals surface area contributed by atoms with E-state index in [0.29, 0.717) is 53.5 Å². The van der Waals surface area contributed by atoms with Gasteiger partial charge in [0, 0.05) is 55.3 Å². The van der Waals surface area contributed by atoms with Crippen LogP contribution in [0, 0.1) is 24.2 Å². The number of anilines is 1. The summed E-state index contributed by atoms with van der Waals surface area (Å²) in [6.45, 7) is 6.02. The van der Waals surface area contributed by atoms with E-state index < -0.39 is 6.17 Å². The predicted octanol–water partition coefficient (Wildman–Crippen LogP) is 5.11. The molecule has 2 bridgehead atoms. The monoisotopic (exact) mass is 550 g/mol. The summed E-state index contributed by atoms with van der Waals surface area (Å²) >= 11 is 0. The lowest BCUT2D eigenvalue weighted by Gasteiger charge is -2.44. The lowest BCUT2D eigenvalue weighted by molar-refractivity contribution is 0.0617. The SMILES string of the molecule is Cc1cc(C(=O)N[C@@H]2CN3CCC2CC3)ncc1-c1cc2nccc(-c3ccc(N4CC[C@H](F)C4)c(C#N)c3)c2o1. The standard InChI is InChI=1S/C32H31FN6O2/c1-19-12-27(32(40)37-28-18-38-9-5-20(28)6-10-38)36-16-25(19)30-14-26-31(41-30)24(4-8-35-26)21-2-3-29(22(13-21)15-34)39-11-7-23(33)17-39/h2-4,8,12-14,16,20,23,28H,5-7,9-11,17-18H2,1H3,(H,37,40)/t23-,28+/m0/s1. The molecule has 1 N–H and O–H groups in total. The van der Waals surface area contributed by atoms with Crippen LogP contribution in [0.3, 0.4) is 0 Å². The van der Waals surface area contributed by atoms with E-state index in [9.17, 15) is 14.4 Å². The van der Waals surface area contributed by atoms with Crippen molar-refractivity contribution in [2.24, 2.45) is 5.92 Å². The molecular weight excluding hydrogens is 519 g/mol. The van der Waals surface area contributed by atoms with Gasteiger partial charge in [-0.25, -0.2) is 4.39 Å². The van der Waals surface area contributed by atoms with E-state index in [2.05, 4.69) is 26.3 Å². The molecule has 9 heteroatoms. The van der Waals surface area contributed by atoms with Crippen LogP contribution in [0.1, 0.15) is 40.9 Å². The van der Waals surface area contributed by atoms with Gasteiger partial charge in [-0.15, -0.1) is 0 Å². The molecule has 41 heavy (non-hydrogen) atoms. The highest BCUT2D eigenvalue weighted by atomic mass is 19.1. The molecule has 2 atom stereocenters. The lowest BCUT2D eigenvalue weighted by Crippen LogP contribution is -2.57. The van der Waals surface area contributed by atoms with Crippen LogP contribution >= 0.6 is 0 Å². The summed E-state index contributed by atoms with van der Waals surface area (Å²) in [6.07, 6.45) is 5.30. The van der Waals surface area contributed by atoms with Gasteiger partial charge in [-0.1, -0.05) is 6.07 Å². The number of halogens is 1. The Morgan fingerprint density at radius 1 is 1.07 bits per heavy atom. The fourth-order valence-corrected chi connectivity index (χ4v) is 6.61. The van der Waals surface area contributed by atoms with Crippen LogP contribution in [0.15, 0.2) is 53.2 Å². The Morgan fingerprint density at radius 2 is 1.93 bits per heavy atom. The molecule has 0 spiro atoms. The van der Waals surface area contributed by atoms with Crippen molar-refractivity contribution in [1.82, 2.24) is 20.2 Å². The first-order valence-electron chi connectivity index (χ1n) is 14.3. The first kappa shape index (κ1) is 25.7. The van der Waals surface area contributed by atoms with Crippen molar-refractivity contribution in [1.29, 1.82) is 5.26 Å². The maximum absolute atomic E-state index is 13.8. The summed E-state index contributed by atoms with van der Waals surface area (Å²) in [7, 11) is 0. The Bertz CT molecular complexity index is 1690. The van der Waals surface area contributed by atoms with Gasteiger partial charge in [0.05, 0.1) is 11.3 Å². The van der Waals surface area contributed by atoms with E-state index in [0.717, 1.165) is 60.4 Å². The van der Waals surface area contributed by atoms with Gasteiger partial charge in [0.25, 0.3) is 5.91 Å². The number of furan rings is 1. The minimum Gasteiger partial charge on any atom is -0.454 e. The average molecular weight is 551 g/mol. The van der Waals surface area contributed by atoms with Gasteiger partial charge in [0.15, 0.2) is 5.58 Å². The van der Waals surface area contributed by atoms with Crippen molar-refractivity contribution in [3.63, 3.8) is 0 Å². The Kier molecular flexibility index (Phi) is 6.43. The number of piperidine rings is 3. The molecule has 0 unspecified atom stereocenters. The van der Waals surface area contributed by atoms with Crippen LogP contribution < -0.4 is 10.2 Å². The third-order valence-corrected chi connectivity index (χ3v) is 8.89. The van der Waals surface area contributed by atoms with E-state index in [-0.39, 0.29) is 11.9 Å². The van der Waals surface area contributed by atoms with Crippen molar-refractivity contribution in [3.8, 4) is 28.5 Å². The molecule has 4 fully saturated rings. The number of pyridine rings is 2. The van der Waals surface area contributed by atoms with E-state index in [4.69, 9.17) is 4.42 Å². The van der Waals surface area contributed by atoms with Crippen LogP contribution in [0.25, 0.3) is 33.6 Å². The molecule has 208 valence electrons. The Labute approximate surface area is 237 Å². The normalized spacial score (nSPS) is 23.6. The molecule has 4 aliphatic heterocycles. The van der Waals surface area contributed by atoms with Crippen molar-refractivity contribution in [2.45, 2.75) is 38.4 Å². The second kappa shape index (κ2) is 10.3. The first-order valence-corrected chi connectivity index (χ1v) is 14.3. The topological polar surface area (TPSA) is 98.3 Å². The highest BCUT2D eigenvalue weighted by molar-refractivity contribution is 5.95. The number of aryl methyl sites for hydroxylation is 1. The molecule has 4 saturated heterocycles. The van der Waals surface area contributed by atoms with Gasteiger partial charge < -0.3 is 19.5 Å². The summed E-state index contributed by atoms with van der Waals surface area (Å²) in [5.74, 6) is 1.02. The zero-order valence-corrected chi connectivity index (χ0v) is 22.9.